The quantitative estimate of drug-likeness (QED) is 0.390. The Labute approximate surface area is 228 Å². The number of hydrazine groups is 1. The van der Waals surface area contributed by atoms with Crippen LogP contribution in [0.4, 0.5) is 0 Å². The Morgan fingerprint density at radius 2 is 1.00 bits per heavy atom. The molecule has 3 N–H and O–H groups in total. The molecule has 208 valence electrons. The molecule has 2 aromatic carbocycles. The highest BCUT2D eigenvalue weighted by Crippen LogP contribution is 2.43. The van der Waals surface area contributed by atoms with Gasteiger partial charge in [0.2, 0.25) is 5.88 Å². The van der Waals surface area contributed by atoms with Crippen LogP contribution in [0.15, 0.2) is 41.3 Å². The normalized spacial score (nSPS) is 14.7. The minimum absolute atomic E-state index is 0.275. The first kappa shape index (κ1) is 29.2. The van der Waals surface area contributed by atoms with Gasteiger partial charge in [-0.15, -0.1) is 5.10 Å². The zero-order valence-corrected chi connectivity index (χ0v) is 25.1. The molecule has 7 heteroatoms. The number of nitrogens with one attached hydrogen (secondary N) is 1. The SMILES string of the molecule is CC(C)(C)c1cc(OC2=CC=NN(Oc3cc(C(C)(C)C)c(O)c(C(C)(C)C)c3)N2)cc(C(C)(C)C)c1O. The molecule has 1 aliphatic heterocycles. The third-order valence-electron chi connectivity index (χ3n) is 6.42. The third-order valence-corrected chi connectivity index (χ3v) is 6.42. The van der Waals surface area contributed by atoms with Gasteiger partial charge in [0.05, 0.1) is 6.21 Å². The molecule has 0 bridgehead atoms. The van der Waals surface area contributed by atoms with Gasteiger partial charge in [-0.2, -0.15) is 0 Å². The number of phenolic OH excluding ortho intramolecular Hbond substituents is 2. The number of ether oxygens (including phenoxy) is 1. The van der Waals surface area contributed by atoms with E-state index in [4.69, 9.17) is 9.57 Å². The maximum Gasteiger partial charge on any atom is 0.217 e. The van der Waals surface area contributed by atoms with Gasteiger partial charge in [-0.3, -0.25) is 0 Å². The Hall–Kier alpha value is -3.35. The van der Waals surface area contributed by atoms with Crippen molar-refractivity contribution < 1.29 is 19.8 Å². The zero-order chi connectivity index (χ0) is 28.8. The average Bonchev–Trinajstić information content (AvgIpc) is 2.73. The van der Waals surface area contributed by atoms with Crippen molar-refractivity contribution in [3.8, 4) is 23.0 Å². The van der Waals surface area contributed by atoms with Crippen molar-refractivity contribution in [2.24, 2.45) is 5.10 Å². The van der Waals surface area contributed by atoms with Crippen LogP contribution in [-0.4, -0.2) is 21.7 Å². The number of aromatic hydroxyl groups is 2. The highest BCUT2D eigenvalue weighted by molar-refractivity contribution is 5.72. The van der Waals surface area contributed by atoms with E-state index < -0.39 is 0 Å². The zero-order valence-electron chi connectivity index (χ0n) is 25.1. The molecule has 0 saturated heterocycles. The van der Waals surface area contributed by atoms with Gasteiger partial charge in [0.15, 0.2) is 5.75 Å². The summed E-state index contributed by atoms with van der Waals surface area (Å²) < 4.78 is 6.21. The Bertz CT molecular complexity index is 1180. The number of hydrazone groups is 1. The highest BCUT2D eigenvalue weighted by Gasteiger charge is 2.29. The smallest absolute Gasteiger partial charge is 0.217 e. The van der Waals surface area contributed by atoms with Gasteiger partial charge in [-0.25, -0.2) is 5.43 Å². The molecule has 0 atom stereocenters. The van der Waals surface area contributed by atoms with E-state index in [-0.39, 0.29) is 27.4 Å². The number of benzene rings is 2. The second kappa shape index (κ2) is 9.75. The number of hydrogen-bond acceptors (Lipinski definition) is 7. The number of rotatable bonds is 4. The minimum atomic E-state index is -0.287. The predicted octanol–water partition coefficient (Wildman–Crippen LogP) is 7.31. The standard InChI is InChI=1S/C31H45N3O4/c1-28(2,3)21-15-19(16-22(26(21)35)29(4,5)6)37-25-13-14-32-34(33-25)38-20-17-23(30(7,8)9)27(36)24(18-20)31(10,11)12/h13-18,33,35-36H,1-12H3. The van der Waals surface area contributed by atoms with Crippen molar-refractivity contribution in [3.63, 3.8) is 0 Å². The van der Waals surface area contributed by atoms with Gasteiger partial charge in [-0.05, 0) is 51.2 Å². The summed E-state index contributed by atoms with van der Waals surface area (Å²) in [6, 6.07) is 7.42. The number of hydrogen-bond donors (Lipinski definition) is 3. The molecule has 0 aliphatic carbocycles. The van der Waals surface area contributed by atoms with Crippen molar-refractivity contribution in [2.45, 2.75) is 105 Å². The maximum atomic E-state index is 11.0. The van der Waals surface area contributed by atoms with Crippen LogP contribution >= 0.6 is 0 Å². The van der Waals surface area contributed by atoms with Gasteiger partial charge in [0.1, 0.15) is 17.2 Å². The number of nitrogens with zero attached hydrogens (tertiary/aromatic N) is 2. The van der Waals surface area contributed by atoms with E-state index in [1.807, 2.05) is 24.3 Å². The molecule has 1 aliphatic rings. The lowest BCUT2D eigenvalue weighted by Crippen LogP contribution is -2.39. The van der Waals surface area contributed by atoms with Crippen LogP contribution in [0.3, 0.4) is 0 Å². The lowest BCUT2D eigenvalue weighted by molar-refractivity contribution is -0.105. The lowest BCUT2D eigenvalue weighted by Gasteiger charge is -2.30. The Morgan fingerprint density at radius 1 is 0.632 bits per heavy atom. The average molecular weight is 524 g/mol. The fourth-order valence-corrected chi connectivity index (χ4v) is 4.27. The lowest BCUT2D eigenvalue weighted by atomic mass is 9.79. The molecular weight excluding hydrogens is 478 g/mol. The van der Waals surface area contributed by atoms with E-state index in [1.165, 1.54) is 5.28 Å². The van der Waals surface area contributed by atoms with Crippen LogP contribution in [0.5, 0.6) is 23.0 Å². The summed E-state index contributed by atoms with van der Waals surface area (Å²) in [7, 11) is 0. The first-order valence-corrected chi connectivity index (χ1v) is 13.1. The van der Waals surface area contributed by atoms with Crippen molar-refractivity contribution in [3.05, 3.63) is 58.5 Å². The summed E-state index contributed by atoms with van der Waals surface area (Å²) >= 11 is 0. The fourth-order valence-electron chi connectivity index (χ4n) is 4.27. The fraction of sp³-hybridized carbons (Fsp3) is 0.516. The highest BCUT2D eigenvalue weighted by atomic mass is 16.7. The van der Waals surface area contributed by atoms with Crippen LogP contribution in [0.2, 0.25) is 0 Å². The topological polar surface area (TPSA) is 86.6 Å². The van der Waals surface area contributed by atoms with Crippen LogP contribution in [-0.2, 0) is 21.7 Å². The van der Waals surface area contributed by atoms with Crippen LogP contribution in [0.1, 0.15) is 105 Å². The molecule has 1 heterocycles. The summed E-state index contributed by atoms with van der Waals surface area (Å²) in [6.07, 6.45) is 3.29. The van der Waals surface area contributed by atoms with Crippen molar-refractivity contribution in [2.75, 3.05) is 0 Å². The Balaban J connectivity index is 1.90. The van der Waals surface area contributed by atoms with Crippen molar-refractivity contribution >= 4 is 6.21 Å². The molecule has 0 saturated carbocycles. The van der Waals surface area contributed by atoms with E-state index >= 15 is 0 Å². The van der Waals surface area contributed by atoms with Crippen molar-refractivity contribution in [1.82, 2.24) is 10.7 Å². The molecule has 0 spiro atoms. The van der Waals surface area contributed by atoms with Crippen molar-refractivity contribution in [1.29, 1.82) is 0 Å². The summed E-state index contributed by atoms with van der Waals surface area (Å²) in [6.45, 7) is 24.7. The summed E-state index contributed by atoms with van der Waals surface area (Å²) in [5, 5.41) is 27.5. The van der Waals surface area contributed by atoms with Gasteiger partial charge < -0.3 is 19.8 Å². The summed E-state index contributed by atoms with van der Waals surface area (Å²) in [4.78, 5) is 6.08. The monoisotopic (exact) mass is 523 g/mol. The summed E-state index contributed by atoms with van der Waals surface area (Å²) in [5.41, 5.74) is 5.12. The third kappa shape index (κ3) is 6.55. The van der Waals surface area contributed by atoms with Gasteiger partial charge in [0.25, 0.3) is 0 Å². The number of phenols is 2. The summed E-state index contributed by atoms with van der Waals surface area (Å²) in [5.74, 6) is 2.13. The maximum absolute atomic E-state index is 11.0. The van der Waals surface area contributed by atoms with E-state index in [0.717, 1.165) is 22.3 Å². The van der Waals surface area contributed by atoms with Crippen LogP contribution in [0.25, 0.3) is 0 Å². The molecule has 7 nitrogen and oxygen atoms in total. The molecule has 38 heavy (non-hydrogen) atoms. The van der Waals surface area contributed by atoms with Crippen LogP contribution < -0.4 is 15.0 Å². The molecule has 0 radical (unpaired) electrons. The molecule has 0 amide bonds. The van der Waals surface area contributed by atoms with Crippen LogP contribution in [0, 0.1) is 0 Å². The van der Waals surface area contributed by atoms with Gasteiger partial charge in [-0.1, -0.05) is 83.1 Å². The van der Waals surface area contributed by atoms with Gasteiger partial charge >= 0.3 is 0 Å². The first-order valence-electron chi connectivity index (χ1n) is 13.1. The van der Waals surface area contributed by atoms with E-state index in [2.05, 4.69) is 93.6 Å². The second-order valence-corrected chi connectivity index (χ2v) is 14.1. The van der Waals surface area contributed by atoms with E-state index in [9.17, 15) is 10.2 Å². The first-order chi connectivity index (χ1) is 17.2. The second-order valence-electron chi connectivity index (χ2n) is 14.1. The van der Waals surface area contributed by atoms with E-state index in [1.54, 1.807) is 12.3 Å². The Morgan fingerprint density at radius 3 is 1.37 bits per heavy atom. The van der Waals surface area contributed by atoms with E-state index in [0.29, 0.717) is 23.1 Å². The predicted molar refractivity (Wildman–Crippen MR) is 154 cm³/mol. The molecule has 0 aromatic heterocycles. The number of allylic oxidation sites excluding steroid dienone is 1. The largest absolute Gasteiger partial charge is 0.507 e. The Kier molecular flexibility index (Phi) is 7.50. The molecule has 0 unspecified atom stereocenters. The van der Waals surface area contributed by atoms with Gasteiger partial charge in [0, 0.05) is 28.3 Å². The molecule has 2 aromatic rings. The molecule has 0 fully saturated rings. The molecule has 3 rings (SSSR count). The minimum Gasteiger partial charge on any atom is -0.507 e. The molecular formula is C31H45N3O4.